The van der Waals surface area contributed by atoms with Crippen LogP contribution in [0.4, 0.5) is 4.39 Å². The maximum atomic E-state index is 14.3. The molecule has 0 saturated heterocycles. The zero-order valence-corrected chi connectivity index (χ0v) is 11.9. The zero-order chi connectivity index (χ0) is 13.1. The summed E-state index contributed by atoms with van der Waals surface area (Å²) in [7, 11) is 0. The predicted molar refractivity (Wildman–Crippen MR) is 75.1 cm³/mol. The van der Waals surface area contributed by atoms with Crippen molar-refractivity contribution >= 4 is 23.2 Å². The Morgan fingerprint density at radius 3 is 2.67 bits per heavy atom. The van der Waals surface area contributed by atoms with Crippen molar-refractivity contribution in [2.75, 3.05) is 6.54 Å². The molecule has 1 aromatic rings. The van der Waals surface area contributed by atoms with Gasteiger partial charge in [-0.05, 0) is 44.4 Å². The number of alkyl halides is 1. The monoisotopic (exact) mass is 289 g/mol. The van der Waals surface area contributed by atoms with Crippen LogP contribution in [0.15, 0.2) is 18.2 Å². The van der Waals surface area contributed by atoms with E-state index in [0.29, 0.717) is 15.6 Å². The van der Waals surface area contributed by atoms with Crippen LogP contribution in [0.1, 0.15) is 37.9 Å². The van der Waals surface area contributed by atoms with E-state index >= 15 is 0 Å². The first-order valence-corrected chi connectivity index (χ1v) is 7.16. The normalized spacial score (nSPS) is 19.3. The highest BCUT2D eigenvalue weighted by atomic mass is 35.5. The van der Waals surface area contributed by atoms with Crippen molar-refractivity contribution in [2.45, 2.75) is 38.4 Å². The summed E-state index contributed by atoms with van der Waals surface area (Å²) in [5, 5.41) is 4.19. The van der Waals surface area contributed by atoms with E-state index in [1.54, 1.807) is 18.2 Å². The van der Waals surface area contributed by atoms with Crippen molar-refractivity contribution in [1.82, 2.24) is 5.32 Å². The van der Waals surface area contributed by atoms with Gasteiger partial charge in [-0.25, -0.2) is 4.39 Å². The summed E-state index contributed by atoms with van der Waals surface area (Å²) in [4.78, 5) is 0. The number of rotatable bonds is 5. The molecule has 0 amide bonds. The van der Waals surface area contributed by atoms with Gasteiger partial charge in [0.05, 0.1) is 0 Å². The second-order valence-corrected chi connectivity index (χ2v) is 5.91. The molecule has 1 aliphatic carbocycles. The van der Waals surface area contributed by atoms with Crippen LogP contribution in [0.2, 0.25) is 10.0 Å². The summed E-state index contributed by atoms with van der Waals surface area (Å²) < 4.78 is 14.3. The van der Waals surface area contributed by atoms with Gasteiger partial charge in [0, 0.05) is 21.7 Å². The Labute approximate surface area is 118 Å². The van der Waals surface area contributed by atoms with Gasteiger partial charge in [0.25, 0.3) is 0 Å². The van der Waals surface area contributed by atoms with Crippen LogP contribution in [-0.4, -0.2) is 12.6 Å². The molecule has 0 bridgehead atoms. The van der Waals surface area contributed by atoms with Crippen molar-refractivity contribution in [2.24, 2.45) is 5.92 Å². The molecule has 2 rings (SSSR count). The Morgan fingerprint density at radius 1 is 1.39 bits per heavy atom. The minimum atomic E-state index is -1.10. The third-order valence-electron chi connectivity index (χ3n) is 3.65. The van der Waals surface area contributed by atoms with Gasteiger partial charge in [-0.3, -0.25) is 0 Å². The van der Waals surface area contributed by atoms with E-state index in [2.05, 4.69) is 5.32 Å². The third kappa shape index (κ3) is 3.37. The number of benzene rings is 1. The Kier molecular flexibility index (Phi) is 4.88. The average Bonchev–Trinajstić information content (AvgIpc) is 2.26. The van der Waals surface area contributed by atoms with Gasteiger partial charge in [-0.1, -0.05) is 35.7 Å². The SMILES string of the molecule is CC(NCC1CCC1)C(F)c1ccc(Cl)cc1Cl. The van der Waals surface area contributed by atoms with E-state index in [1.165, 1.54) is 19.3 Å². The fourth-order valence-corrected chi connectivity index (χ4v) is 2.66. The molecule has 1 saturated carbocycles. The first kappa shape index (κ1) is 14.1. The molecule has 1 aromatic carbocycles. The minimum Gasteiger partial charge on any atom is -0.311 e. The average molecular weight is 290 g/mol. The van der Waals surface area contributed by atoms with Crippen molar-refractivity contribution < 1.29 is 4.39 Å². The van der Waals surface area contributed by atoms with E-state index in [9.17, 15) is 4.39 Å². The second-order valence-electron chi connectivity index (χ2n) is 5.06. The standard InChI is InChI=1S/C14H18Cl2FN/c1-9(18-8-10-3-2-4-10)14(17)12-6-5-11(15)7-13(12)16/h5-7,9-10,14,18H,2-4,8H2,1H3. The van der Waals surface area contributed by atoms with Gasteiger partial charge in [0.2, 0.25) is 0 Å². The lowest BCUT2D eigenvalue weighted by molar-refractivity contribution is 0.232. The first-order chi connectivity index (χ1) is 8.58. The largest absolute Gasteiger partial charge is 0.311 e. The fraction of sp³-hybridized carbons (Fsp3) is 0.571. The quantitative estimate of drug-likeness (QED) is 0.822. The maximum absolute atomic E-state index is 14.3. The highest BCUT2D eigenvalue weighted by molar-refractivity contribution is 6.35. The number of halogens is 3. The lowest BCUT2D eigenvalue weighted by Gasteiger charge is -2.28. The highest BCUT2D eigenvalue weighted by Gasteiger charge is 2.23. The molecule has 0 radical (unpaired) electrons. The molecule has 0 aromatic heterocycles. The molecule has 1 fully saturated rings. The fourth-order valence-electron chi connectivity index (χ4n) is 2.15. The maximum Gasteiger partial charge on any atom is 0.141 e. The van der Waals surface area contributed by atoms with Gasteiger partial charge in [-0.15, -0.1) is 0 Å². The first-order valence-electron chi connectivity index (χ1n) is 6.40. The molecule has 2 unspecified atom stereocenters. The molecule has 1 nitrogen and oxygen atoms in total. The highest BCUT2D eigenvalue weighted by Crippen LogP contribution is 2.31. The Balaban J connectivity index is 1.93. The van der Waals surface area contributed by atoms with Crippen LogP contribution in [-0.2, 0) is 0 Å². The van der Waals surface area contributed by atoms with Crippen LogP contribution < -0.4 is 5.32 Å². The molecule has 18 heavy (non-hydrogen) atoms. The molecular formula is C14H18Cl2FN. The molecule has 2 atom stereocenters. The molecule has 1 N–H and O–H groups in total. The molecular weight excluding hydrogens is 272 g/mol. The predicted octanol–water partition coefficient (Wildman–Crippen LogP) is 4.78. The topological polar surface area (TPSA) is 12.0 Å². The van der Waals surface area contributed by atoms with Crippen molar-refractivity contribution in [1.29, 1.82) is 0 Å². The van der Waals surface area contributed by atoms with Crippen molar-refractivity contribution in [3.63, 3.8) is 0 Å². The summed E-state index contributed by atoms with van der Waals surface area (Å²) in [5.41, 5.74) is 0.509. The Hall–Kier alpha value is -0.310. The van der Waals surface area contributed by atoms with Crippen molar-refractivity contribution in [3.8, 4) is 0 Å². The van der Waals surface area contributed by atoms with Gasteiger partial charge in [0.1, 0.15) is 6.17 Å². The number of hydrogen-bond acceptors (Lipinski definition) is 1. The van der Waals surface area contributed by atoms with E-state index in [4.69, 9.17) is 23.2 Å². The van der Waals surface area contributed by atoms with Crippen LogP contribution >= 0.6 is 23.2 Å². The van der Waals surface area contributed by atoms with E-state index in [-0.39, 0.29) is 6.04 Å². The second kappa shape index (κ2) is 6.23. The number of hydrogen-bond donors (Lipinski definition) is 1. The third-order valence-corrected chi connectivity index (χ3v) is 4.21. The van der Waals surface area contributed by atoms with Gasteiger partial charge in [0.15, 0.2) is 0 Å². The van der Waals surface area contributed by atoms with Crippen molar-refractivity contribution in [3.05, 3.63) is 33.8 Å². The van der Waals surface area contributed by atoms with Gasteiger partial charge >= 0.3 is 0 Å². The summed E-state index contributed by atoms with van der Waals surface area (Å²) in [6.45, 7) is 2.75. The smallest absolute Gasteiger partial charge is 0.141 e. The van der Waals surface area contributed by atoms with Crippen LogP contribution in [0.3, 0.4) is 0 Å². The van der Waals surface area contributed by atoms with Gasteiger partial charge < -0.3 is 5.32 Å². The zero-order valence-electron chi connectivity index (χ0n) is 10.4. The van der Waals surface area contributed by atoms with Crippen LogP contribution in [0, 0.1) is 5.92 Å². The summed E-state index contributed by atoms with van der Waals surface area (Å²) in [6.07, 6.45) is 2.73. The number of nitrogens with one attached hydrogen (secondary N) is 1. The lowest BCUT2D eigenvalue weighted by Crippen LogP contribution is -2.36. The molecule has 0 aliphatic heterocycles. The molecule has 0 spiro atoms. The molecule has 0 heterocycles. The lowest BCUT2D eigenvalue weighted by atomic mass is 9.85. The Morgan fingerprint density at radius 2 is 2.11 bits per heavy atom. The molecule has 4 heteroatoms. The van der Waals surface area contributed by atoms with E-state index in [1.807, 2.05) is 6.92 Å². The van der Waals surface area contributed by atoms with Crippen LogP contribution in [0.25, 0.3) is 0 Å². The van der Waals surface area contributed by atoms with E-state index < -0.39 is 6.17 Å². The molecule has 100 valence electrons. The molecule has 1 aliphatic rings. The van der Waals surface area contributed by atoms with Gasteiger partial charge in [-0.2, -0.15) is 0 Å². The summed E-state index contributed by atoms with van der Waals surface area (Å²) in [5.74, 6) is 0.723. The minimum absolute atomic E-state index is 0.232. The summed E-state index contributed by atoms with van der Waals surface area (Å²) in [6, 6.07) is 4.69. The van der Waals surface area contributed by atoms with Crippen LogP contribution in [0.5, 0.6) is 0 Å². The Bertz CT molecular complexity index is 407. The van der Waals surface area contributed by atoms with E-state index in [0.717, 1.165) is 12.5 Å². The summed E-state index contributed by atoms with van der Waals surface area (Å²) >= 11 is 11.8.